The Bertz CT molecular complexity index is 2080. The number of benzene rings is 2. The number of carbonyl (C=O) groups is 5. The number of ether oxygens (including phenoxy) is 7. The molecule has 2 heterocycles. The summed E-state index contributed by atoms with van der Waals surface area (Å²) in [5, 5.41) is 9.55. The van der Waals surface area contributed by atoms with Gasteiger partial charge in [0.1, 0.15) is 5.60 Å². The molecule has 0 bridgehead atoms. The van der Waals surface area contributed by atoms with Gasteiger partial charge >= 0.3 is 6.09 Å². The van der Waals surface area contributed by atoms with Crippen molar-refractivity contribution in [2.45, 2.75) is 144 Å². The zero-order chi connectivity index (χ0) is 55.8. The first-order chi connectivity index (χ1) is 35.5. The number of carbonyl (C=O) groups excluding carboxylic acids is 5. The van der Waals surface area contributed by atoms with Crippen molar-refractivity contribution in [2.24, 2.45) is 23.7 Å². The summed E-state index contributed by atoms with van der Waals surface area (Å²) >= 11 is 0. The summed E-state index contributed by atoms with van der Waals surface area (Å²) in [5.74, 6) is 2.89. The van der Waals surface area contributed by atoms with E-state index in [1.165, 1.54) is 0 Å². The molecule has 2 saturated heterocycles. The standard InChI is InChI=1S/C31H51N3O7.C26H43N3O5.ClH/c1-21(2)15-28(35)32-18-23-16-25(20-33(19-23)30(37)41-31(5,6)7)34(22(3)4)29(36)24-11-12-26(39-9)27(17-24)40-14-10-13-38-8;1-18(2)12-25(30)28-16-20-13-22(17-27-15-20)29(19(3)4)26(31)21-8-9-23(33-6)24(14-21)34-11-7-10-32-5;/h11-12,17,21-23,25H,10,13-16,18-20H2,1-9H3,(H,32,35);8-9,14,18-20,22,27H,7,10-13,15-17H2,1-6H3,(H,28,30);1H/t23-,25-;20-,22+;/m10./s1. The maximum absolute atomic E-state index is 14.0. The highest BCUT2D eigenvalue weighted by atomic mass is 35.5. The summed E-state index contributed by atoms with van der Waals surface area (Å²) in [6, 6.07) is 10.2. The third-order valence-electron chi connectivity index (χ3n) is 12.6. The number of amides is 5. The second-order valence-electron chi connectivity index (χ2n) is 22.1. The van der Waals surface area contributed by atoms with E-state index in [0.29, 0.717) is 118 Å². The molecule has 2 fully saturated rings. The molecule has 18 nitrogen and oxygen atoms in total. The van der Waals surface area contributed by atoms with Gasteiger partial charge in [-0.3, -0.25) is 19.2 Å². The molecule has 2 aromatic rings. The molecule has 0 radical (unpaired) electrons. The van der Waals surface area contributed by atoms with Crippen LogP contribution in [0, 0.1) is 23.7 Å². The van der Waals surface area contributed by atoms with Crippen molar-refractivity contribution >= 4 is 42.1 Å². The minimum Gasteiger partial charge on any atom is -0.493 e. The number of rotatable bonds is 26. The van der Waals surface area contributed by atoms with Gasteiger partial charge in [0.05, 0.1) is 33.5 Å². The van der Waals surface area contributed by atoms with Crippen LogP contribution in [0.3, 0.4) is 0 Å². The van der Waals surface area contributed by atoms with Crippen molar-refractivity contribution in [3.63, 3.8) is 0 Å². The summed E-state index contributed by atoms with van der Waals surface area (Å²) in [6.07, 6.45) is 3.49. The predicted molar refractivity (Wildman–Crippen MR) is 299 cm³/mol. The molecule has 0 aromatic heterocycles. The normalized spacial score (nSPS) is 17.5. The number of piperidine rings is 2. The van der Waals surface area contributed by atoms with Crippen LogP contribution in [-0.2, 0) is 23.8 Å². The van der Waals surface area contributed by atoms with Crippen molar-refractivity contribution in [3.05, 3.63) is 47.5 Å². The van der Waals surface area contributed by atoms with Gasteiger partial charge in [0.25, 0.3) is 11.8 Å². The Kier molecular flexibility index (Phi) is 30.0. The number of halogens is 1. The molecule has 2 aromatic carbocycles. The zero-order valence-corrected chi connectivity index (χ0v) is 49.4. The van der Waals surface area contributed by atoms with Crippen LogP contribution in [0.15, 0.2) is 36.4 Å². The van der Waals surface area contributed by atoms with Crippen LogP contribution >= 0.6 is 12.4 Å². The number of nitrogens with one attached hydrogen (secondary N) is 3. The van der Waals surface area contributed by atoms with E-state index < -0.39 is 11.7 Å². The fourth-order valence-electron chi connectivity index (χ4n) is 9.33. The van der Waals surface area contributed by atoms with E-state index in [1.54, 1.807) is 69.7 Å². The first kappa shape index (κ1) is 67.1. The molecule has 0 spiro atoms. The van der Waals surface area contributed by atoms with Crippen LogP contribution in [-0.4, -0.2) is 168 Å². The predicted octanol–water partition coefficient (Wildman–Crippen LogP) is 8.27. The Morgan fingerprint density at radius 2 is 1.07 bits per heavy atom. The van der Waals surface area contributed by atoms with E-state index in [0.717, 1.165) is 25.9 Å². The minimum absolute atomic E-state index is 0. The van der Waals surface area contributed by atoms with Crippen molar-refractivity contribution in [1.82, 2.24) is 30.7 Å². The second kappa shape index (κ2) is 34.0. The summed E-state index contributed by atoms with van der Waals surface area (Å²) in [7, 11) is 6.45. The van der Waals surface area contributed by atoms with E-state index >= 15 is 0 Å². The fourth-order valence-corrected chi connectivity index (χ4v) is 9.33. The molecule has 2 aliphatic heterocycles. The SMILES string of the molecule is COCCCOc1cc(C(=O)N(C(C)C)[C@@H]2C[C@H](CNC(=O)CC(C)C)CN(C(=O)OC(C)(C)C)C2)ccc1OC.COCCCOc1cc(C(=O)N(C(C)C)[C@H]2CNC[C@@H](CNC(=O)CC(C)C)C2)ccc1OC.Cl. The number of nitrogens with zero attached hydrogens (tertiary/aromatic N) is 3. The van der Waals surface area contributed by atoms with E-state index in [1.807, 2.05) is 86.0 Å². The van der Waals surface area contributed by atoms with Crippen molar-refractivity contribution in [1.29, 1.82) is 0 Å². The van der Waals surface area contributed by atoms with Gasteiger partial charge in [-0.1, -0.05) is 27.7 Å². The van der Waals surface area contributed by atoms with Crippen LogP contribution in [0.25, 0.3) is 0 Å². The van der Waals surface area contributed by atoms with E-state index in [9.17, 15) is 24.0 Å². The second-order valence-corrected chi connectivity index (χ2v) is 22.1. The number of hydrogen-bond donors (Lipinski definition) is 3. The molecule has 19 heteroatoms. The van der Waals surface area contributed by atoms with Gasteiger partial charge in [-0.15, -0.1) is 12.4 Å². The quantitative estimate of drug-likeness (QED) is 0.0763. The zero-order valence-electron chi connectivity index (χ0n) is 48.5. The van der Waals surface area contributed by atoms with Gasteiger partial charge in [-0.25, -0.2) is 4.79 Å². The van der Waals surface area contributed by atoms with Crippen molar-refractivity contribution in [3.8, 4) is 23.0 Å². The third kappa shape index (κ3) is 22.9. The first-order valence-corrected chi connectivity index (χ1v) is 27.0. The van der Waals surface area contributed by atoms with Crippen LogP contribution in [0.1, 0.15) is 135 Å². The Hall–Kier alpha value is -5.04. The van der Waals surface area contributed by atoms with Crippen molar-refractivity contribution < 1.29 is 57.1 Å². The Balaban J connectivity index is 0.000000522. The van der Waals surface area contributed by atoms with Gasteiger partial charge in [0.2, 0.25) is 11.8 Å². The highest BCUT2D eigenvalue weighted by molar-refractivity contribution is 5.96. The van der Waals surface area contributed by atoms with Crippen molar-refractivity contribution in [2.75, 3.05) is 94.1 Å². The number of methoxy groups -OCH3 is 4. The lowest BCUT2D eigenvalue weighted by Gasteiger charge is -2.44. The highest BCUT2D eigenvalue weighted by Crippen LogP contribution is 2.33. The topological polar surface area (TPSA) is 196 Å². The summed E-state index contributed by atoms with van der Waals surface area (Å²) < 4.78 is 38.5. The largest absolute Gasteiger partial charge is 0.493 e. The molecule has 2 aliphatic rings. The van der Waals surface area contributed by atoms with E-state index in [4.69, 9.17) is 33.2 Å². The minimum atomic E-state index is -0.651. The maximum Gasteiger partial charge on any atom is 0.410 e. The van der Waals surface area contributed by atoms with E-state index in [2.05, 4.69) is 16.0 Å². The smallest absolute Gasteiger partial charge is 0.410 e. The van der Waals surface area contributed by atoms with Crippen LogP contribution < -0.4 is 34.9 Å². The summed E-state index contributed by atoms with van der Waals surface area (Å²) in [5.41, 5.74) is 0.391. The molecule has 432 valence electrons. The molecular formula is C57H95ClN6O12. The third-order valence-corrected chi connectivity index (χ3v) is 12.6. The molecule has 3 N–H and O–H groups in total. The summed E-state index contributed by atoms with van der Waals surface area (Å²) in [6.45, 7) is 27.1. The molecule has 0 saturated carbocycles. The number of likely N-dealkylation sites (tertiary alicyclic amines) is 1. The van der Waals surface area contributed by atoms with Crippen LogP contribution in [0.5, 0.6) is 23.0 Å². The molecular weight excluding hydrogens is 996 g/mol. The van der Waals surface area contributed by atoms with E-state index in [-0.39, 0.29) is 78.0 Å². The number of hydrogen-bond acceptors (Lipinski definition) is 13. The molecule has 4 atom stereocenters. The Morgan fingerprint density at radius 3 is 1.49 bits per heavy atom. The summed E-state index contributed by atoms with van der Waals surface area (Å²) in [4.78, 5) is 70.7. The molecule has 5 amide bonds. The Labute approximate surface area is 461 Å². The molecule has 0 aliphatic carbocycles. The van der Waals surface area contributed by atoms with Gasteiger partial charge in [-0.05, 0) is 128 Å². The fraction of sp³-hybridized carbons (Fsp3) is 0.702. The average Bonchev–Trinajstić information content (AvgIpc) is 3.34. The lowest BCUT2D eigenvalue weighted by Crippen LogP contribution is -2.57. The lowest BCUT2D eigenvalue weighted by atomic mass is 9.91. The molecule has 4 rings (SSSR count). The highest BCUT2D eigenvalue weighted by Gasteiger charge is 2.39. The average molecular weight is 1090 g/mol. The molecule has 76 heavy (non-hydrogen) atoms. The van der Waals surface area contributed by atoms with Gasteiger partial charge in [0, 0.05) is 115 Å². The van der Waals surface area contributed by atoms with Crippen LogP contribution in [0.4, 0.5) is 4.79 Å². The van der Waals surface area contributed by atoms with Crippen LogP contribution in [0.2, 0.25) is 0 Å². The van der Waals surface area contributed by atoms with Gasteiger partial charge in [0.15, 0.2) is 23.0 Å². The monoisotopic (exact) mass is 1090 g/mol. The lowest BCUT2D eigenvalue weighted by molar-refractivity contribution is -0.122. The molecule has 0 unspecified atom stereocenters. The van der Waals surface area contributed by atoms with Gasteiger partial charge in [-0.2, -0.15) is 0 Å². The maximum atomic E-state index is 14.0. The Morgan fingerprint density at radius 1 is 0.618 bits per heavy atom. The van der Waals surface area contributed by atoms with Gasteiger partial charge < -0.3 is 63.8 Å². The first-order valence-electron chi connectivity index (χ1n) is 27.0.